The van der Waals surface area contributed by atoms with Crippen LogP contribution in [-0.2, 0) is 17.6 Å². The Bertz CT molecular complexity index is 1000. The number of allylic oxidation sites excluding steroid dienone is 1. The van der Waals surface area contributed by atoms with Crippen molar-refractivity contribution in [1.82, 2.24) is 10.9 Å². The summed E-state index contributed by atoms with van der Waals surface area (Å²) < 4.78 is 0. The predicted octanol–water partition coefficient (Wildman–Crippen LogP) is 3.82. The Morgan fingerprint density at radius 3 is 3.00 bits per heavy atom. The van der Waals surface area contributed by atoms with Crippen molar-refractivity contribution in [2.75, 3.05) is 23.0 Å². The molecule has 6 nitrogen and oxygen atoms in total. The molecule has 1 aromatic heterocycles. The van der Waals surface area contributed by atoms with Gasteiger partial charge < -0.3 is 10.0 Å². The molecule has 1 fully saturated rings. The lowest BCUT2D eigenvalue weighted by Crippen LogP contribution is -2.44. The summed E-state index contributed by atoms with van der Waals surface area (Å²) >= 11 is 6.55. The molecule has 1 aromatic carbocycles. The van der Waals surface area contributed by atoms with Gasteiger partial charge >= 0.3 is 5.97 Å². The van der Waals surface area contributed by atoms with Crippen LogP contribution in [0.5, 0.6) is 0 Å². The molecular weight excluding hydrogens is 408 g/mol. The zero-order valence-electron chi connectivity index (χ0n) is 16.2. The van der Waals surface area contributed by atoms with E-state index in [9.17, 15) is 9.90 Å². The molecule has 5 rings (SSSR count). The monoisotopic (exact) mass is 431 g/mol. The van der Waals surface area contributed by atoms with Gasteiger partial charge in [-0.05, 0) is 24.6 Å². The van der Waals surface area contributed by atoms with Crippen LogP contribution in [0.2, 0.25) is 5.02 Å². The number of nitrogens with zero attached hydrogens (tertiary/aromatic N) is 2. The highest BCUT2D eigenvalue weighted by Gasteiger charge is 2.44. The maximum absolute atomic E-state index is 11.2. The van der Waals surface area contributed by atoms with E-state index in [1.807, 2.05) is 18.2 Å². The maximum atomic E-state index is 11.2. The molecule has 3 aliphatic rings. The number of nitrogens with one attached hydrogen (secondary N) is 2. The number of para-hydroxylation sites is 1. The Balaban J connectivity index is 1.60. The molecule has 0 bridgehead atoms. The summed E-state index contributed by atoms with van der Waals surface area (Å²) in [6, 6.07) is 7.99. The molecule has 1 saturated heterocycles. The van der Waals surface area contributed by atoms with Crippen molar-refractivity contribution in [2.24, 2.45) is 6.26 Å². The number of aliphatic carboxylic acids is 1. The van der Waals surface area contributed by atoms with E-state index < -0.39 is 5.97 Å². The minimum absolute atomic E-state index is 0.0169. The van der Waals surface area contributed by atoms with Gasteiger partial charge in [-0.15, -0.1) is 0 Å². The fourth-order valence-electron chi connectivity index (χ4n) is 4.79. The van der Waals surface area contributed by atoms with Crippen LogP contribution >= 0.6 is 22.1 Å². The number of hydrogen-bond donors (Lipinski definition) is 3. The van der Waals surface area contributed by atoms with E-state index in [4.69, 9.17) is 11.6 Å². The highest BCUT2D eigenvalue weighted by atomic mass is 35.5. The normalized spacial score (nSPS) is 23.0. The van der Waals surface area contributed by atoms with Gasteiger partial charge in [0.2, 0.25) is 0 Å². The third-order valence-corrected chi connectivity index (χ3v) is 8.48. The molecule has 1 aliphatic carbocycles. The molecule has 2 aromatic rings. The molecule has 8 heteroatoms. The number of halogens is 1. The number of benzene rings is 1. The number of anilines is 2. The topological polar surface area (TPSA) is 67.8 Å². The molecule has 2 aliphatic heterocycles. The Morgan fingerprint density at radius 1 is 1.38 bits per heavy atom. The minimum atomic E-state index is -0.735. The summed E-state index contributed by atoms with van der Waals surface area (Å²) in [6.45, 7) is 2.37. The van der Waals surface area contributed by atoms with Crippen molar-refractivity contribution in [3.05, 3.63) is 51.4 Å². The second-order valence-corrected chi connectivity index (χ2v) is 10.0. The number of carboxylic acid groups (broad SMARTS) is 1. The summed E-state index contributed by atoms with van der Waals surface area (Å²) in [5.41, 5.74) is 10.4. The van der Waals surface area contributed by atoms with E-state index in [0.29, 0.717) is 6.42 Å². The van der Waals surface area contributed by atoms with Gasteiger partial charge in [-0.1, -0.05) is 29.8 Å². The van der Waals surface area contributed by atoms with Crippen LogP contribution in [0.4, 0.5) is 10.7 Å². The lowest BCUT2D eigenvalue weighted by atomic mass is 9.94. The molecule has 3 unspecified atom stereocenters. The second kappa shape index (κ2) is 7.32. The number of carbonyl (C=O) groups is 1. The van der Waals surface area contributed by atoms with Gasteiger partial charge in [-0.2, -0.15) is 0 Å². The molecule has 0 spiro atoms. The molecule has 0 saturated carbocycles. The molecule has 0 amide bonds. The van der Waals surface area contributed by atoms with Gasteiger partial charge in [0.05, 0.1) is 36.0 Å². The summed E-state index contributed by atoms with van der Waals surface area (Å²) in [5, 5.41) is 11.3. The van der Waals surface area contributed by atoms with Crippen LogP contribution in [0.3, 0.4) is 0 Å². The number of carboxylic acids is 1. The van der Waals surface area contributed by atoms with Crippen molar-refractivity contribution >= 4 is 44.8 Å². The van der Waals surface area contributed by atoms with Crippen LogP contribution in [0.15, 0.2) is 30.3 Å². The zero-order valence-corrected chi connectivity index (χ0v) is 17.8. The van der Waals surface area contributed by atoms with E-state index in [0.717, 1.165) is 30.5 Å². The summed E-state index contributed by atoms with van der Waals surface area (Å²) in [4.78, 5) is 17.3. The van der Waals surface area contributed by atoms with Crippen LogP contribution < -0.4 is 20.7 Å². The lowest BCUT2D eigenvalue weighted by molar-refractivity contribution is -0.137. The second-order valence-electron chi connectivity index (χ2n) is 7.77. The standard InChI is InChI=1S/C21H23ClN4O2S/c1-29-17-8-6-13(7-9-19(27)28)20(17)14-10-25(16-5-3-2-4-15(16)22)11-18-24-23-12-26(18)21(14)29/h2-6,8,13,18,23-24H,7,9-12H2,1H3/p+1. The third kappa shape index (κ3) is 3.13. The Labute approximate surface area is 177 Å². The van der Waals surface area contributed by atoms with Crippen molar-refractivity contribution in [2.45, 2.75) is 31.5 Å². The van der Waals surface area contributed by atoms with E-state index in [-0.39, 0.29) is 29.0 Å². The summed E-state index contributed by atoms with van der Waals surface area (Å²) in [5.74, 6) is -0.557. The van der Waals surface area contributed by atoms with Crippen LogP contribution in [0.25, 0.3) is 6.08 Å². The minimum Gasteiger partial charge on any atom is -0.481 e. The van der Waals surface area contributed by atoms with Crippen molar-refractivity contribution in [3.8, 4) is 0 Å². The molecular formula is C21H24ClN4O2S+. The first kappa shape index (κ1) is 18.9. The third-order valence-electron chi connectivity index (χ3n) is 6.08. The Kier molecular flexibility index (Phi) is 4.78. The predicted molar refractivity (Wildman–Crippen MR) is 118 cm³/mol. The van der Waals surface area contributed by atoms with Crippen molar-refractivity contribution < 1.29 is 9.90 Å². The molecule has 29 heavy (non-hydrogen) atoms. The maximum Gasteiger partial charge on any atom is 0.303 e. The SMILES string of the molecule is C[s+]1c2c(c3c1N1CNNC1CN(c1ccccc1Cl)C3)C(CCC(=O)O)C=C2. The number of hydrazine groups is 1. The average molecular weight is 432 g/mol. The smallest absolute Gasteiger partial charge is 0.303 e. The number of hydrogen-bond acceptors (Lipinski definition) is 5. The fourth-order valence-corrected chi connectivity index (χ4v) is 7.23. The highest BCUT2D eigenvalue weighted by Crippen LogP contribution is 2.53. The first-order valence-electron chi connectivity index (χ1n) is 9.82. The lowest BCUT2D eigenvalue weighted by Gasteiger charge is -2.27. The largest absolute Gasteiger partial charge is 0.481 e. The van der Waals surface area contributed by atoms with Gasteiger partial charge in [0.25, 0.3) is 5.00 Å². The zero-order chi connectivity index (χ0) is 20.1. The van der Waals surface area contributed by atoms with Crippen LogP contribution in [-0.4, -0.2) is 30.5 Å². The van der Waals surface area contributed by atoms with Gasteiger partial charge in [0.1, 0.15) is 12.4 Å². The van der Waals surface area contributed by atoms with Crippen LogP contribution in [0, 0.1) is 0 Å². The van der Waals surface area contributed by atoms with E-state index in [1.165, 1.54) is 21.0 Å². The van der Waals surface area contributed by atoms with E-state index in [2.05, 4.69) is 45.1 Å². The molecule has 3 atom stereocenters. The van der Waals surface area contributed by atoms with Crippen molar-refractivity contribution in [3.63, 3.8) is 0 Å². The van der Waals surface area contributed by atoms with Gasteiger partial charge in [0, 0.05) is 28.4 Å². The fraction of sp³-hybridized carbons (Fsp3) is 0.381. The Morgan fingerprint density at radius 2 is 2.21 bits per heavy atom. The highest BCUT2D eigenvalue weighted by molar-refractivity contribution is 7.34. The van der Waals surface area contributed by atoms with E-state index >= 15 is 0 Å². The van der Waals surface area contributed by atoms with E-state index in [1.54, 1.807) is 0 Å². The number of rotatable bonds is 4. The molecule has 3 N–H and O–H groups in total. The Hall–Kier alpha value is -2.06. The molecule has 0 radical (unpaired) electrons. The first-order valence-corrected chi connectivity index (χ1v) is 11.8. The van der Waals surface area contributed by atoms with Gasteiger partial charge in [0.15, 0.2) is 4.88 Å². The summed E-state index contributed by atoms with van der Waals surface area (Å²) in [7, 11) is -0.0169. The van der Waals surface area contributed by atoms with Gasteiger partial charge in [-0.25, -0.2) is 10.9 Å². The number of fused-ring (bicyclic) bond motifs is 5. The summed E-state index contributed by atoms with van der Waals surface area (Å²) in [6.07, 6.45) is 7.72. The van der Waals surface area contributed by atoms with Gasteiger partial charge in [-0.3, -0.25) is 9.69 Å². The van der Waals surface area contributed by atoms with Crippen molar-refractivity contribution in [1.29, 1.82) is 0 Å². The first-order chi connectivity index (χ1) is 14.0. The molecule has 3 heterocycles. The average Bonchev–Trinajstić information content (AvgIpc) is 3.35. The van der Waals surface area contributed by atoms with Crippen LogP contribution in [0.1, 0.15) is 34.8 Å². The number of thiophene rings is 1. The quantitative estimate of drug-likeness (QED) is 0.639. The molecule has 152 valence electrons.